The lowest BCUT2D eigenvalue weighted by Crippen LogP contribution is -2.55. The summed E-state index contributed by atoms with van der Waals surface area (Å²) in [6.45, 7) is 5.17. The van der Waals surface area contributed by atoms with Crippen LogP contribution in [-0.4, -0.2) is 43.8 Å². The van der Waals surface area contributed by atoms with Crippen LogP contribution in [0.2, 0.25) is 0 Å². The van der Waals surface area contributed by atoms with Gasteiger partial charge in [0.2, 0.25) is 0 Å². The fourth-order valence-corrected chi connectivity index (χ4v) is 2.97. The van der Waals surface area contributed by atoms with Crippen molar-refractivity contribution in [2.75, 3.05) is 26.7 Å². The summed E-state index contributed by atoms with van der Waals surface area (Å²) in [5, 5.41) is 3.41. The first-order valence-corrected chi connectivity index (χ1v) is 5.79. The molecule has 2 saturated heterocycles. The Morgan fingerprint density at radius 3 is 3.00 bits per heavy atom. The first kappa shape index (κ1) is 10.7. The highest BCUT2D eigenvalue weighted by atomic mass is 16.5. The number of methoxy groups -OCH3 is 1. The Morgan fingerprint density at radius 2 is 2.27 bits per heavy atom. The number of carbonyl (C=O) groups is 1. The van der Waals surface area contributed by atoms with Crippen molar-refractivity contribution in [3.63, 3.8) is 0 Å². The Hall–Kier alpha value is -0.770. The molecule has 2 rings (SSSR count). The highest BCUT2D eigenvalue weighted by Crippen LogP contribution is 2.33. The summed E-state index contributed by atoms with van der Waals surface area (Å²) >= 11 is 0. The Labute approximate surface area is 91.0 Å². The fraction of sp³-hybridized carbons (Fsp3) is 0.909. The van der Waals surface area contributed by atoms with Gasteiger partial charge in [0, 0.05) is 19.1 Å². The fourth-order valence-electron chi connectivity index (χ4n) is 2.97. The van der Waals surface area contributed by atoms with Crippen LogP contribution in [0.15, 0.2) is 0 Å². The normalized spacial score (nSPS) is 35.9. The van der Waals surface area contributed by atoms with Gasteiger partial charge < -0.3 is 15.0 Å². The maximum atomic E-state index is 11.5. The highest BCUT2D eigenvalue weighted by molar-refractivity contribution is 5.68. The number of hydrogen-bond donors (Lipinski definition) is 1. The second kappa shape index (κ2) is 4.39. The maximum Gasteiger partial charge on any atom is 0.409 e. The third-order valence-electron chi connectivity index (χ3n) is 3.94. The minimum atomic E-state index is -0.175. The van der Waals surface area contributed by atoms with Crippen molar-refractivity contribution in [2.24, 2.45) is 11.8 Å². The van der Waals surface area contributed by atoms with Gasteiger partial charge in [-0.2, -0.15) is 0 Å². The van der Waals surface area contributed by atoms with Crippen LogP contribution in [-0.2, 0) is 4.74 Å². The number of piperidine rings is 2. The van der Waals surface area contributed by atoms with E-state index < -0.39 is 0 Å². The molecule has 0 aromatic carbocycles. The van der Waals surface area contributed by atoms with E-state index in [1.54, 1.807) is 0 Å². The van der Waals surface area contributed by atoms with Crippen LogP contribution in [0, 0.1) is 11.8 Å². The van der Waals surface area contributed by atoms with Gasteiger partial charge in [-0.3, -0.25) is 0 Å². The van der Waals surface area contributed by atoms with Crippen LogP contribution in [0.3, 0.4) is 0 Å². The highest BCUT2D eigenvalue weighted by Gasteiger charge is 2.38. The smallest absolute Gasteiger partial charge is 0.409 e. The summed E-state index contributed by atoms with van der Waals surface area (Å²) in [5.41, 5.74) is 0. The van der Waals surface area contributed by atoms with Crippen molar-refractivity contribution < 1.29 is 9.53 Å². The third kappa shape index (κ3) is 1.95. The number of likely N-dealkylation sites (tertiary alicyclic amines) is 1. The first-order valence-electron chi connectivity index (χ1n) is 5.79. The van der Waals surface area contributed by atoms with E-state index in [1.807, 2.05) is 4.90 Å². The zero-order valence-electron chi connectivity index (χ0n) is 9.53. The number of hydrogen-bond acceptors (Lipinski definition) is 3. The molecule has 0 saturated carbocycles. The van der Waals surface area contributed by atoms with Gasteiger partial charge in [-0.05, 0) is 38.1 Å². The lowest BCUT2D eigenvalue weighted by Gasteiger charge is -2.45. The van der Waals surface area contributed by atoms with Gasteiger partial charge in [0.15, 0.2) is 0 Å². The Bertz CT molecular complexity index is 245. The summed E-state index contributed by atoms with van der Waals surface area (Å²) in [6, 6.07) is 0.309. The van der Waals surface area contributed by atoms with Crippen LogP contribution >= 0.6 is 0 Å². The first-order chi connectivity index (χ1) is 7.24. The van der Waals surface area contributed by atoms with Crippen molar-refractivity contribution >= 4 is 6.09 Å². The van der Waals surface area contributed by atoms with Crippen LogP contribution in [0.1, 0.15) is 19.8 Å². The predicted octanol–water partition coefficient (Wildman–Crippen LogP) is 1.07. The molecule has 0 aromatic heterocycles. The lowest BCUT2D eigenvalue weighted by atomic mass is 9.76. The van der Waals surface area contributed by atoms with E-state index in [-0.39, 0.29) is 6.09 Å². The molecule has 0 spiro atoms. The van der Waals surface area contributed by atoms with E-state index in [0.717, 1.165) is 32.0 Å². The molecule has 4 heteroatoms. The number of nitrogens with zero attached hydrogens (tertiary/aromatic N) is 1. The minimum absolute atomic E-state index is 0.175. The standard InChI is InChI=1S/C11H20N2O2/c1-8-10-7-12-5-3-9(10)4-6-13(8)11(14)15-2/h8-10,12H,3-7H2,1-2H3. The summed E-state index contributed by atoms with van der Waals surface area (Å²) in [5.74, 6) is 1.40. The molecule has 15 heavy (non-hydrogen) atoms. The van der Waals surface area contributed by atoms with Crippen LogP contribution in [0.25, 0.3) is 0 Å². The molecule has 3 unspecified atom stereocenters. The van der Waals surface area contributed by atoms with Gasteiger partial charge in [0.25, 0.3) is 0 Å². The summed E-state index contributed by atoms with van der Waals surface area (Å²) in [4.78, 5) is 13.4. The molecule has 0 bridgehead atoms. The molecule has 0 aliphatic carbocycles. The van der Waals surface area contributed by atoms with E-state index in [0.29, 0.717) is 12.0 Å². The van der Waals surface area contributed by atoms with Crippen molar-refractivity contribution in [3.05, 3.63) is 0 Å². The molecule has 1 N–H and O–H groups in total. The Kier molecular flexibility index (Phi) is 3.14. The molecule has 86 valence electrons. The Balaban J connectivity index is 2.04. The van der Waals surface area contributed by atoms with Gasteiger partial charge >= 0.3 is 6.09 Å². The molecule has 2 heterocycles. The van der Waals surface area contributed by atoms with Gasteiger partial charge in [0.1, 0.15) is 0 Å². The quantitative estimate of drug-likeness (QED) is 0.653. The van der Waals surface area contributed by atoms with Crippen LogP contribution < -0.4 is 5.32 Å². The molecule has 0 aromatic rings. The molecule has 2 aliphatic heterocycles. The molecule has 4 nitrogen and oxygen atoms in total. The second-order valence-corrected chi connectivity index (χ2v) is 4.61. The monoisotopic (exact) mass is 212 g/mol. The molecule has 0 radical (unpaired) electrons. The number of ether oxygens (including phenoxy) is 1. The third-order valence-corrected chi connectivity index (χ3v) is 3.94. The zero-order chi connectivity index (χ0) is 10.8. The molecular weight excluding hydrogens is 192 g/mol. The average Bonchev–Trinajstić information content (AvgIpc) is 2.29. The van der Waals surface area contributed by atoms with Gasteiger partial charge in [-0.25, -0.2) is 4.79 Å². The van der Waals surface area contributed by atoms with E-state index in [1.165, 1.54) is 13.5 Å². The molecule has 2 fully saturated rings. The van der Waals surface area contributed by atoms with E-state index in [9.17, 15) is 4.79 Å². The van der Waals surface area contributed by atoms with Crippen molar-refractivity contribution in [3.8, 4) is 0 Å². The topological polar surface area (TPSA) is 41.6 Å². The number of fused-ring (bicyclic) bond motifs is 1. The molecule has 3 atom stereocenters. The van der Waals surface area contributed by atoms with Gasteiger partial charge in [-0.1, -0.05) is 0 Å². The maximum absolute atomic E-state index is 11.5. The van der Waals surface area contributed by atoms with E-state index in [2.05, 4.69) is 12.2 Å². The molecule has 1 amide bonds. The average molecular weight is 212 g/mol. The predicted molar refractivity (Wildman–Crippen MR) is 57.7 cm³/mol. The van der Waals surface area contributed by atoms with Crippen molar-refractivity contribution in [2.45, 2.75) is 25.8 Å². The van der Waals surface area contributed by atoms with Gasteiger partial charge in [0.05, 0.1) is 7.11 Å². The van der Waals surface area contributed by atoms with Crippen LogP contribution in [0.4, 0.5) is 4.79 Å². The van der Waals surface area contributed by atoms with Crippen molar-refractivity contribution in [1.82, 2.24) is 10.2 Å². The summed E-state index contributed by atoms with van der Waals surface area (Å²) in [6.07, 6.45) is 2.21. The van der Waals surface area contributed by atoms with E-state index in [4.69, 9.17) is 4.74 Å². The number of carbonyl (C=O) groups excluding carboxylic acids is 1. The summed E-state index contributed by atoms with van der Waals surface area (Å²) in [7, 11) is 1.46. The number of rotatable bonds is 0. The summed E-state index contributed by atoms with van der Waals surface area (Å²) < 4.78 is 4.81. The SMILES string of the molecule is COC(=O)N1CCC2CCNCC2C1C. The Morgan fingerprint density at radius 1 is 1.47 bits per heavy atom. The largest absolute Gasteiger partial charge is 0.453 e. The minimum Gasteiger partial charge on any atom is -0.453 e. The van der Waals surface area contributed by atoms with Crippen molar-refractivity contribution in [1.29, 1.82) is 0 Å². The number of amides is 1. The molecule has 2 aliphatic rings. The van der Waals surface area contributed by atoms with Gasteiger partial charge in [-0.15, -0.1) is 0 Å². The molecular formula is C11H20N2O2. The van der Waals surface area contributed by atoms with Crippen LogP contribution in [0.5, 0.6) is 0 Å². The zero-order valence-corrected chi connectivity index (χ0v) is 9.53. The second-order valence-electron chi connectivity index (χ2n) is 4.61. The number of nitrogens with one attached hydrogen (secondary N) is 1. The lowest BCUT2D eigenvalue weighted by molar-refractivity contribution is 0.0350. The van der Waals surface area contributed by atoms with E-state index >= 15 is 0 Å².